The highest BCUT2D eigenvalue weighted by Gasteiger charge is 2.10. The lowest BCUT2D eigenvalue weighted by Crippen LogP contribution is -2.01. The van der Waals surface area contributed by atoms with Crippen LogP contribution in [0.3, 0.4) is 0 Å². The largest absolute Gasteiger partial charge is 0.294 e. The van der Waals surface area contributed by atoms with E-state index in [9.17, 15) is 9.18 Å². The Hall–Kier alpha value is -1.44. The van der Waals surface area contributed by atoms with Gasteiger partial charge in [-0.2, -0.15) is 0 Å². The van der Waals surface area contributed by atoms with Gasteiger partial charge in [0.2, 0.25) is 0 Å². The van der Waals surface area contributed by atoms with Gasteiger partial charge in [0.05, 0.1) is 5.56 Å². The van der Waals surface area contributed by atoms with Gasteiger partial charge in [0.1, 0.15) is 5.82 Å². The van der Waals surface area contributed by atoms with Crippen LogP contribution in [0.4, 0.5) is 4.39 Å². The van der Waals surface area contributed by atoms with E-state index in [1.54, 1.807) is 19.1 Å². The second-order valence-corrected chi connectivity index (χ2v) is 3.23. The molecule has 74 valence electrons. The number of aryl methyl sites for hydroxylation is 1. The van der Waals surface area contributed by atoms with Crippen LogP contribution < -0.4 is 0 Å². The van der Waals surface area contributed by atoms with Crippen LogP contribution in [0.2, 0.25) is 0 Å². The third-order valence-corrected chi connectivity index (χ3v) is 2.00. The van der Waals surface area contributed by atoms with Crippen molar-refractivity contribution in [3.63, 3.8) is 0 Å². The Labute approximate surface area is 83.3 Å². The number of hydrogen-bond donors (Lipinski definition) is 0. The van der Waals surface area contributed by atoms with Crippen LogP contribution in [-0.2, 0) is 0 Å². The fraction of sp³-hybridized carbons (Fsp3) is 0.250. The average Bonchev–Trinajstić information content (AvgIpc) is 2.14. The molecule has 0 radical (unpaired) electrons. The molecule has 0 aliphatic rings. The molecule has 0 unspecified atom stereocenters. The van der Waals surface area contributed by atoms with E-state index >= 15 is 0 Å². The Morgan fingerprint density at radius 3 is 2.86 bits per heavy atom. The Bertz CT molecular complexity index is 355. The second kappa shape index (κ2) is 4.70. The van der Waals surface area contributed by atoms with Crippen LogP contribution in [0.25, 0.3) is 0 Å². The molecule has 1 aromatic rings. The minimum Gasteiger partial charge on any atom is -0.294 e. The van der Waals surface area contributed by atoms with Crippen molar-refractivity contribution in [3.05, 3.63) is 47.8 Å². The fourth-order valence-corrected chi connectivity index (χ4v) is 1.21. The summed E-state index contributed by atoms with van der Waals surface area (Å²) >= 11 is 0. The predicted molar refractivity (Wildman–Crippen MR) is 54.9 cm³/mol. The molecule has 14 heavy (non-hydrogen) atoms. The van der Waals surface area contributed by atoms with E-state index < -0.39 is 5.82 Å². The SMILES string of the molecule is C=CCCC(=O)c1ccc(C)cc1F. The summed E-state index contributed by atoms with van der Waals surface area (Å²) in [5, 5.41) is 0. The smallest absolute Gasteiger partial charge is 0.166 e. The van der Waals surface area contributed by atoms with Gasteiger partial charge in [-0.3, -0.25) is 4.79 Å². The summed E-state index contributed by atoms with van der Waals surface area (Å²) in [5.41, 5.74) is 1.00. The lowest BCUT2D eigenvalue weighted by molar-refractivity contribution is 0.0980. The first-order valence-corrected chi connectivity index (χ1v) is 4.55. The third-order valence-electron chi connectivity index (χ3n) is 2.00. The summed E-state index contributed by atoms with van der Waals surface area (Å²) in [7, 11) is 0. The zero-order valence-corrected chi connectivity index (χ0v) is 8.22. The maximum atomic E-state index is 13.3. The Balaban J connectivity index is 2.84. The van der Waals surface area contributed by atoms with Crippen molar-refractivity contribution in [1.82, 2.24) is 0 Å². The summed E-state index contributed by atoms with van der Waals surface area (Å²) < 4.78 is 13.3. The predicted octanol–water partition coefficient (Wildman–Crippen LogP) is 3.28. The molecule has 0 aliphatic heterocycles. The van der Waals surface area contributed by atoms with Gasteiger partial charge >= 0.3 is 0 Å². The topological polar surface area (TPSA) is 17.1 Å². The minimum atomic E-state index is -0.431. The molecule has 0 amide bonds. The molecular formula is C12H13FO. The van der Waals surface area contributed by atoms with Crippen molar-refractivity contribution < 1.29 is 9.18 Å². The summed E-state index contributed by atoms with van der Waals surface area (Å²) in [4.78, 5) is 11.4. The summed E-state index contributed by atoms with van der Waals surface area (Å²) in [6.07, 6.45) is 2.57. The molecule has 1 aromatic carbocycles. The van der Waals surface area contributed by atoms with Crippen LogP contribution in [-0.4, -0.2) is 5.78 Å². The molecular weight excluding hydrogens is 179 g/mol. The van der Waals surface area contributed by atoms with Crippen LogP contribution >= 0.6 is 0 Å². The van der Waals surface area contributed by atoms with Gasteiger partial charge in [-0.05, 0) is 31.0 Å². The van der Waals surface area contributed by atoms with E-state index in [1.807, 2.05) is 0 Å². The molecule has 0 saturated carbocycles. The summed E-state index contributed by atoms with van der Waals surface area (Å²) in [5.74, 6) is -0.596. The van der Waals surface area contributed by atoms with E-state index in [0.29, 0.717) is 12.8 Å². The van der Waals surface area contributed by atoms with Crippen LogP contribution in [0.5, 0.6) is 0 Å². The number of carbonyl (C=O) groups excluding carboxylic acids is 1. The lowest BCUT2D eigenvalue weighted by Gasteiger charge is -2.01. The van der Waals surface area contributed by atoms with Gasteiger partial charge in [-0.1, -0.05) is 12.1 Å². The molecule has 0 heterocycles. The number of ketones is 1. The van der Waals surface area contributed by atoms with Crippen LogP contribution in [0.15, 0.2) is 30.9 Å². The fourth-order valence-electron chi connectivity index (χ4n) is 1.21. The van der Waals surface area contributed by atoms with Crippen LogP contribution in [0.1, 0.15) is 28.8 Å². The van der Waals surface area contributed by atoms with Crippen molar-refractivity contribution in [2.24, 2.45) is 0 Å². The minimum absolute atomic E-state index is 0.164. The Morgan fingerprint density at radius 2 is 2.29 bits per heavy atom. The van der Waals surface area contributed by atoms with Crippen molar-refractivity contribution in [3.8, 4) is 0 Å². The standard InChI is InChI=1S/C12H13FO/c1-3-4-5-12(14)10-7-6-9(2)8-11(10)13/h3,6-8H,1,4-5H2,2H3. The highest BCUT2D eigenvalue weighted by molar-refractivity contribution is 5.96. The highest BCUT2D eigenvalue weighted by atomic mass is 19.1. The molecule has 2 heteroatoms. The third kappa shape index (κ3) is 2.52. The monoisotopic (exact) mass is 192 g/mol. The number of Topliss-reactive ketones (excluding diaryl/α,β-unsaturated/α-hetero) is 1. The first-order valence-electron chi connectivity index (χ1n) is 4.55. The molecule has 0 fully saturated rings. The molecule has 0 spiro atoms. The first-order chi connectivity index (χ1) is 6.65. The quantitative estimate of drug-likeness (QED) is 0.528. The zero-order valence-electron chi connectivity index (χ0n) is 8.22. The number of allylic oxidation sites excluding steroid dienone is 1. The maximum Gasteiger partial charge on any atom is 0.166 e. The number of rotatable bonds is 4. The first kappa shape index (κ1) is 10.6. The molecule has 0 aromatic heterocycles. The molecule has 0 saturated heterocycles. The van der Waals surface area contributed by atoms with Crippen molar-refractivity contribution in [1.29, 1.82) is 0 Å². The molecule has 0 aliphatic carbocycles. The lowest BCUT2D eigenvalue weighted by atomic mass is 10.0. The Morgan fingerprint density at radius 1 is 1.57 bits per heavy atom. The summed E-state index contributed by atoms with van der Waals surface area (Å²) in [6.45, 7) is 5.31. The second-order valence-electron chi connectivity index (χ2n) is 3.23. The van der Waals surface area contributed by atoms with Gasteiger partial charge in [0.15, 0.2) is 5.78 Å². The maximum absolute atomic E-state index is 13.3. The average molecular weight is 192 g/mol. The number of carbonyl (C=O) groups is 1. The van der Waals surface area contributed by atoms with Gasteiger partial charge in [-0.25, -0.2) is 4.39 Å². The molecule has 0 atom stereocenters. The number of hydrogen-bond acceptors (Lipinski definition) is 1. The molecule has 0 bridgehead atoms. The van der Waals surface area contributed by atoms with Gasteiger partial charge < -0.3 is 0 Å². The summed E-state index contributed by atoms with van der Waals surface area (Å²) in [6, 6.07) is 4.65. The number of halogens is 1. The van der Waals surface area contributed by atoms with E-state index in [4.69, 9.17) is 0 Å². The van der Waals surface area contributed by atoms with Crippen LogP contribution in [0, 0.1) is 12.7 Å². The van der Waals surface area contributed by atoms with E-state index in [-0.39, 0.29) is 11.3 Å². The van der Waals surface area contributed by atoms with E-state index in [2.05, 4.69) is 6.58 Å². The highest BCUT2D eigenvalue weighted by Crippen LogP contribution is 2.12. The van der Waals surface area contributed by atoms with Crippen molar-refractivity contribution in [2.75, 3.05) is 0 Å². The van der Waals surface area contributed by atoms with E-state index in [0.717, 1.165) is 5.56 Å². The molecule has 0 N–H and O–H groups in total. The normalized spacial score (nSPS) is 9.86. The molecule has 1 nitrogen and oxygen atoms in total. The van der Waals surface area contributed by atoms with Crippen molar-refractivity contribution in [2.45, 2.75) is 19.8 Å². The van der Waals surface area contributed by atoms with Crippen molar-refractivity contribution >= 4 is 5.78 Å². The Kier molecular flexibility index (Phi) is 3.57. The number of benzene rings is 1. The molecule has 1 rings (SSSR count). The van der Waals surface area contributed by atoms with Gasteiger partial charge in [0.25, 0.3) is 0 Å². The zero-order chi connectivity index (χ0) is 10.6. The van der Waals surface area contributed by atoms with E-state index in [1.165, 1.54) is 12.1 Å². The van der Waals surface area contributed by atoms with Gasteiger partial charge in [0, 0.05) is 6.42 Å². The van der Waals surface area contributed by atoms with Gasteiger partial charge in [-0.15, -0.1) is 6.58 Å².